The van der Waals surface area contributed by atoms with Gasteiger partial charge in [0.25, 0.3) is 0 Å². The van der Waals surface area contributed by atoms with Crippen LogP contribution in [0.5, 0.6) is 0 Å². The number of anilines is 2. The fourth-order valence-corrected chi connectivity index (χ4v) is 4.39. The van der Waals surface area contributed by atoms with Crippen molar-refractivity contribution >= 4 is 27.4 Å². The van der Waals surface area contributed by atoms with Crippen LogP contribution < -0.4 is 10.6 Å². The standard InChI is InChI=1S/C19H24N4O3S/c1-15(19(24)22-16-8-4-2-5-9-16)21-18-11-10-17(14-20-18)27(25,26)23-12-6-3-7-13-23/h2,4-5,8-11,14-15H,3,6-7,12-13H2,1H3,(H,20,21)(H,22,24). The van der Waals surface area contributed by atoms with Gasteiger partial charge in [0, 0.05) is 25.0 Å². The maximum absolute atomic E-state index is 12.6. The molecule has 1 aliphatic rings. The molecule has 1 aromatic heterocycles. The molecular weight excluding hydrogens is 364 g/mol. The summed E-state index contributed by atoms with van der Waals surface area (Å²) in [6.45, 7) is 2.83. The summed E-state index contributed by atoms with van der Waals surface area (Å²) < 4.78 is 26.8. The summed E-state index contributed by atoms with van der Waals surface area (Å²) in [6.07, 6.45) is 4.19. The number of nitrogens with zero attached hydrogens (tertiary/aromatic N) is 2. The van der Waals surface area contributed by atoms with Gasteiger partial charge in [0.15, 0.2) is 0 Å². The van der Waals surface area contributed by atoms with Gasteiger partial charge in [-0.2, -0.15) is 4.31 Å². The molecule has 1 fully saturated rings. The first-order valence-electron chi connectivity index (χ1n) is 9.05. The Kier molecular flexibility index (Phi) is 6.08. The predicted octanol–water partition coefficient (Wildman–Crippen LogP) is 2.70. The highest BCUT2D eigenvalue weighted by atomic mass is 32.2. The van der Waals surface area contributed by atoms with E-state index in [1.54, 1.807) is 13.0 Å². The van der Waals surface area contributed by atoms with E-state index >= 15 is 0 Å². The first-order chi connectivity index (χ1) is 13.0. The number of carbonyl (C=O) groups excluding carboxylic acids is 1. The molecule has 1 aliphatic heterocycles. The topological polar surface area (TPSA) is 91.4 Å². The van der Waals surface area contributed by atoms with Crippen LogP contribution in [0.3, 0.4) is 0 Å². The van der Waals surface area contributed by atoms with Crippen molar-refractivity contribution < 1.29 is 13.2 Å². The minimum atomic E-state index is -3.50. The van der Waals surface area contributed by atoms with Crippen molar-refractivity contribution in [1.29, 1.82) is 0 Å². The summed E-state index contributed by atoms with van der Waals surface area (Å²) in [6, 6.07) is 11.8. The first-order valence-corrected chi connectivity index (χ1v) is 10.5. The SMILES string of the molecule is CC(Nc1ccc(S(=O)(=O)N2CCCCC2)cn1)C(=O)Nc1ccccc1. The van der Waals surface area contributed by atoms with Gasteiger partial charge in [0.1, 0.15) is 16.8 Å². The highest BCUT2D eigenvalue weighted by molar-refractivity contribution is 7.89. The van der Waals surface area contributed by atoms with Crippen LogP contribution >= 0.6 is 0 Å². The van der Waals surface area contributed by atoms with E-state index in [0.29, 0.717) is 24.6 Å². The van der Waals surface area contributed by atoms with Crippen LogP contribution in [-0.2, 0) is 14.8 Å². The Balaban J connectivity index is 1.62. The lowest BCUT2D eigenvalue weighted by molar-refractivity contribution is -0.116. The monoisotopic (exact) mass is 388 g/mol. The predicted molar refractivity (Wildman–Crippen MR) is 105 cm³/mol. The summed E-state index contributed by atoms with van der Waals surface area (Å²) in [4.78, 5) is 16.6. The fourth-order valence-electron chi connectivity index (χ4n) is 2.93. The van der Waals surface area contributed by atoms with E-state index in [1.165, 1.54) is 16.6 Å². The summed E-state index contributed by atoms with van der Waals surface area (Å²) >= 11 is 0. The normalized spacial score (nSPS) is 16.5. The molecule has 0 bridgehead atoms. The molecule has 7 nitrogen and oxygen atoms in total. The van der Waals surface area contributed by atoms with Gasteiger partial charge in [-0.15, -0.1) is 0 Å². The minimum absolute atomic E-state index is 0.177. The average Bonchev–Trinajstić information content (AvgIpc) is 2.70. The maximum Gasteiger partial charge on any atom is 0.246 e. The largest absolute Gasteiger partial charge is 0.359 e. The van der Waals surface area contributed by atoms with Gasteiger partial charge in [-0.25, -0.2) is 13.4 Å². The van der Waals surface area contributed by atoms with Crippen molar-refractivity contribution in [2.75, 3.05) is 23.7 Å². The molecule has 0 spiro atoms. The Morgan fingerprint density at radius 3 is 2.41 bits per heavy atom. The van der Waals surface area contributed by atoms with E-state index in [9.17, 15) is 13.2 Å². The first kappa shape index (κ1) is 19.3. The highest BCUT2D eigenvalue weighted by Crippen LogP contribution is 2.21. The second-order valence-corrected chi connectivity index (χ2v) is 8.50. The van der Waals surface area contributed by atoms with Gasteiger partial charge in [-0.3, -0.25) is 4.79 Å². The number of sulfonamides is 1. The molecule has 2 aromatic rings. The Morgan fingerprint density at radius 1 is 1.07 bits per heavy atom. The van der Waals surface area contributed by atoms with Crippen LogP contribution in [0, 0.1) is 0 Å². The lowest BCUT2D eigenvalue weighted by Gasteiger charge is -2.25. The quantitative estimate of drug-likeness (QED) is 0.794. The van der Waals surface area contributed by atoms with Crippen molar-refractivity contribution in [3.05, 3.63) is 48.7 Å². The molecule has 3 rings (SSSR count). The molecule has 144 valence electrons. The molecule has 1 aromatic carbocycles. The zero-order valence-electron chi connectivity index (χ0n) is 15.3. The van der Waals surface area contributed by atoms with Crippen molar-refractivity contribution in [1.82, 2.24) is 9.29 Å². The summed E-state index contributed by atoms with van der Waals surface area (Å²) in [7, 11) is -3.50. The molecule has 0 radical (unpaired) electrons. The van der Waals surface area contributed by atoms with Crippen molar-refractivity contribution in [3.8, 4) is 0 Å². The molecule has 1 atom stereocenters. The number of aromatic nitrogens is 1. The number of para-hydroxylation sites is 1. The molecule has 8 heteroatoms. The van der Waals surface area contributed by atoms with E-state index in [2.05, 4.69) is 15.6 Å². The number of carbonyl (C=O) groups is 1. The Bertz CT molecular complexity index is 864. The third-order valence-electron chi connectivity index (χ3n) is 4.49. The van der Waals surface area contributed by atoms with E-state index in [1.807, 2.05) is 30.3 Å². The van der Waals surface area contributed by atoms with Crippen molar-refractivity contribution in [3.63, 3.8) is 0 Å². The number of amides is 1. The molecular formula is C19H24N4O3S. The van der Waals surface area contributed by atoms with E-state index < -0.39 is 16.1 Å². The number of benzene rings is 1. The number of pyridine rings is 1. The van der Waals surface area contributed by atoms with Gasteiger partial charge in [-0.05, 0) is 44.0 Å². The molecule has 2 N–H and O–H groups in total. The number of hydrogen-bond donors (Lipinski definition) is 2. The van der Waals surface area contributed by atoms with Crippen LogP contribution in [0.1, 0.15) is 26.2 Å². The Hall–Kier alpha value is -2.45. The molecule has 1 amide bonds. The molecule has 1 unspecified atom stereocenters. The van der Waals surface area contributed by atoms with Crippen molar-refractivity contribution in [2.45, 2.75) is 37.1 Å². The molecule has 2 heterocycles. The zero-order chi connectivity index (χ0) is 19.3. The smallest absolute Gasteiger partial charge is 0.246 e. The van der Waals surface area contributed by atoms with Gasteiger partial charge < -0.3 is 10.6 Å². The summed E-state index contributed by atoms with van der Waals surface area (Å²) in [5.41, 5.74) is 0.715. The second-order valence-electron chi connectivity index (χ2n) is 6.57. The molecule has 1 saturated heterocycles. The molecule has 0 saturated carbocycles. The van der Waals surface area contributed by atoms with Gasteiger partial charge in [-0.1, -0.05) is 24.6 Å². The van der Waals surface area contributed by atoms with E-state index in [0.717, 1.165) is 19.3 Å². The van der Waals surface area contributed by atoms with E-state index in [-0.39, 0.29) is 10.8 Å². The lowest BCUT2D eigenvalue weighted by Crippen LogP contribution is -2.35. The van der Waals surface area contributed by atoms with Crippen LogP contribution in [0.25, 0.3) is 0 Å². The minimum Gasteiger partial charge on any atom is -0.359 e. The van der Waals surface area contributed by atoms with Gasteiger partial charge in [0.2, 0.25) is 15.9 Å². The van der Waals surface area contributed by atoms with E-state index in [4.69, 9.17) is 0 Å². The van der Waals surface area contributed by atoms with Crippen molar-refractivity contribution in [2.24, 2.45) is 0 Å². The van der Waals surface area contributed by atoms with Crippen LogP contribution in [0.4, 0.5) is 11.5 Å². The average molecular weight is 388 g/mol. The Labute approximate surface area is 159 Å². The van der Waals surface area contributed by atoms with Gasteiger partial charge in [0.05, 0.1) is 0 Å². The summed E-state index contributed by atoms with van der Waals surface area (Å²) in [5.74, 6) is 0.247. The number of hydrogen-bond acceptors (Lipinski definition) is 5. The van der Waals surface area contributed by atoms with Crippen LogP contribution in [0.2, 0.25) is 0 Å². The number of nitrogens with one attached hydrogen (secondary N) is 2. The highest BCUT2D eigenvalue weighted by Gasteiger charge is 2.26. The fraction of sp³-hybridized carbons (Fsp3) is 0.368. The third kappa shape index (κ3) is 4.84. The van der Waals surface area contributed by atoms with Gasteiger partial charge >= 0.3 is 0 Å². The van der Waals surface area contributed by atoms with Crippen LogP contribution in [-0.4, -0.2) is 42.7 Å². The lowest BCUT2D eigenvalue weighted by atomic mass is 10.2. The third-order valence-corrected chi connectivity index (χ3v) is 6.37. The number of piperidine rings is 1. The van der Waals surface area contributed by atoms with Crippen LogP contribution in [0.15, 0.2) is 53.6 Å². The molecule has 0 aliphatic carbocycles. The zero-order valence-corrected chi connectivity index (χ0v) is 16.1. The molecule has 27 heavy (non-hydrogen) atoms. The number of rotatable bonds is 6. The Morgan fingerprint density at radius 2 is 1.78 bits per heavy atom. The summed E-state index contributed by atoms with van der Waals surface area (Å²) in [5, 5.41) is 5.80. The maximum atomic E-state index is 12.6. The second kappa shape index (κ2) is 8.49.